The number of hydrogen-bond donors (Lipinski definition) is 0. The molecule has 0 unspecified atom stereocenters. The van der Waals surface area contributed by atoms with Crippen LogP contribution in [0, 0.1) is 0 Å². The smallest absolute Gasteiger partial charge is 0.130 e. The van der Waals surface area contributed by atoms with Gasteiger partial charge in [-0.2, -0.15) is 0 Å². The second-order valence-corrected chi connectivity index (χ2v) is 3.51. The van der Waals surface area contributed by atoms with Crippen LogP contribution in [-0.4, -0.2) is 5.78 Å². The Balaban J connectivity index is 2.54. The summed E-state index contributed by atoms with van der Waals surface area (Å²) >= 11 is 0. The monoisotopic (exact) mass is 188 g/mol. The number of benzene rings is 1. The number of rotatable bonds is 5. The number of allylic oxidation sites excluding steroid dienone is 1. The molecule has 0 aliphatic heterocycles. The minimum Gasteiger partial charge on any atom is -0.300 e. The van der Waals surface area contributed by atoms with E-state index in [9.17, 15) is 4.79 Å². The molecular formula is C13H16O. The molecule has 1 heteroatoms. The van der Waals surface area contributed by atoms with Gasteiger partial charge in [-0.25, -0.2) is 0 Å². The summed E-state index contributed by atoms with van der Waals surface area (Å²) in [6.07, 6.45) is 4.29. The summed E-state index contributed by atoms with van der Waals surface area (Å²) in [5.41, 5.74) is 2.50. The SMILES string of the molecule is C=CCc1ccc(CCC(C)=O)cc1. The first kappa shape index (κ1) is 10.7. The van der Waals surface area contributed by atoms with E-state index in [2.05, 4.69) is 30.8 Å². The minimum atomic E-state index is 0.250. The van der Waals surface area contributed by atoms with Gasteiger partial charge >= 0.3 is 0 Å². The number of carbonyl (C=O) groups excluding carboxylic acids is 1. The van der Waals surface area contributed by atoms with Gasteiger partial charge in [0.1, 0.15) is 5.78 Å². The van der Waals surface area contributed by atoms with Crippen LogP contribution in [0.3, 0.4) is 0 Å². The summed E-state index contributed by atoms with van der Waals surface area (Å²) < 4.78 is 0. The molecule has 0 bridgehead atoms. The van der Waals surface area contributed by atoms with Crippen LogP contribution < -0.4 is 0 Å². The maximum absolute atomic E-state index is 10.8. The molecule has 0 fully saturated rings. The van der Waals surface area contributed by atoms with E-state index in [4.69, 9.17) is 0 Å². The second kappa shape index (κ2) is 5.38. The van der Waals surface area contributed by atoms with Gasteiger partial charge < -0.3 is 4.79 Å². The maximum Gasteiger partial charge on any atom is 0.130 e. The molecule has 1 nitrogen and oxygen atoms in total. The van der Waals surface area contributed by atoms with Crippen molar-refractivity contribution < 1.29 is 4.79 Å². The van der Waals surface area contributed by atoms with Gasteiger partial charge in [0.2, 0.25) is 0 Å². The maximum atomic E-state index is 10.8. The molecule has 0 N–H and O–H groups in total. The molecule has 0 saturated carbocycles. The fraction of sp³-hybridized carbons (Fsp3) is 0.308. The Bertz CT molecular complexity index is 309. The Morgan fingerprint density at radius 2 is 1.86 bits per heavy atom. The van der Waals surface area contributed by atoms with Gasteiger partial charge in [0, 0.05) is 6.42 Å². The van der Waals surface area contributed by atoms with Gasteiger partial charge in [-0.05, 0) is 30.9 Å². The van der Waals surface area contributed by atoms with E-state index in [1.54, 1.807) is 6.92 Å². The van der Waals surface area contributed by atoms with E-state index in [-0.39, 0.29) is 5.78 Å². The van der Waals surface area contributed by atoms with Crippen LogP contribution in [0.1, 0.15) is 24.5 Å². The summed E-state index contributed by atoms with van der Waals surface area (Å²) in [4.78, 5) is 10.8. The zero-order chi connectivity index (χ0) is 10.4. The molecule has 74 valence electrons. The van der Waals surface area contributed by atoms with Crippen LogP contribution in [0.4, 0.5) is 0 Å². The highest BCUT2D eigenvalue weighted by molar-refractivity contribution is 5.75. The van der Waals surface area contributed by atoms with Crippen molar-refractivity contribution in [3.8, 4) is 0 Å². The lowest BCUT2D eigenvalue weighted by molar-refractivity contribution is -0.116. The zero-order valence-electron chi connectivity index (χ0n) is 8.62. The highest BCUT2D eigenvalue weighted by Gasteiger charge is 1.96. The molecule has 1 aromatic carbocycles. The van der Waals surface area contributed by atoms with Crippen LogP contribution in [0.2, 0.25) is 0 Å². The van der Waals surface area contributed by atoms with Gasteiger partial charge in [0.05, 0.1) is 0 Å². The standard InChI is InChI=1S/C13H16O/c1-3-4-12-7-9-13(10-8-12)6-5-11(2)14/h3,7-10H,1,4-6H2,2H3. The van der Waals surface area contributed by atoms with Crippen LogP contribution in [-0.2, 0) is 17.6 Å². The Hall–Kier alpha value is -1.37. The van der Waals surface area contributed by atoms with Crippen LogP contribution in [0.25, 0.3) is 0 Å². The third-order valence-corrected chi connectivity index (χ3v) is 2.17. The van der Waals surface area contributed by atoms with Gasteiger partial charge in [-0.1, -0.05) is 30.3 Å². The molecule has 14 heavy (non-hydrogen) atoms. The Morgan fingerprint density at radius 1 is 1.29 bits per heavy atom. The number of carbonyl (C=O) groups is 1. The fourth-order valence-electron chi connectivity index (χ4n) is 1.33. The van der Waals surface area contributed by atoms with Crippen molar-refractivity contribution in [1.82, 2.24) is 0 Å². The molecular weight excluding hydrogens is 172 g/mol. The molecule has 0 radical (unpaired) electrons. The topological polar surface area (TPSA) is 17.1 Å². The van der Waals surface area contributed by atoms with Crippen molar-refractivity contribution in [1.29, 1.82) is 0 Å². The quantitative estimate of drug-likeness (QED) is 0.649. The highest BCUT2D eigenvalue weighted by Crippen LogP contribution is 2.07. The lowest BCUT2D eigenvalue weighted by Gasteiger charge is -2.00. The van der Waals surface area contributed by atoms with Crippen molar-refractivity contribution in [3.63, 3.8) is 0 Å². The number of ketones is 1. The van der Waals surface area contributed by atoms with Gasteiger partial charge in [-0.3, -0.25) is 0 Å². The molecule has 0 heterocycles. The average Bonchev–Trinajstić information content (AvgIpc) is 2.17. The summed E-state index contributed by atoms with van der Waals surface area (Å²) in [7, 11) is 0. The van der Waals surface area contributed by atoms with Crippen LogP contribution in [0.15, 0.2) is 36.9 Å². The normalized spacial score (nSPS) is 9.79. The summed E-state index contributed by atoms with van der Waals surface area (Å²) in [6, 6.07) is 8.36. The zero-order valence-corrected chi connectivity index (χ0v) is 8.62. The minimum absolute atomic E-state index is 0.250. The molecule has 0 amide bonds. The summed E-state index contributed by atoms with van der Waals surface area (Å²) in [5.74, 6) is 0.250. The van der Waals surface area contributed by atoms with E-state index in [0.717, 1.165) is 12.8 Å². The predicted octanol–water partition coefficient (Wildman–Crippen LogP) is 2.94. The molecule has 0 saturated heterocycles. The van der Waals surface area contributed by atoms with Crippen molar-refractivity contribution in [2.45, 2.75) is 26.2 Å². The Kier molecular flexibility index (Phi) is 4.11. The summed E-state index contributed by atoms with van der Waals surface area (Å²) in [5, 5.41) is 0. The van der Waals surface area contributed by atoms with Gasteiger partial charge in [0.15, 0.2) is 0 Å². The number of hydrogen-bond acceptors (Lipinski definition) is 1. The van der Waals surface area contributed by atoms with E-state index in [1.165, 1.54) is 11.1 Å². The predicted molar refractivity (Wildman–Crippen MR) is 59.3 cm³/mol. The Morgan fingerprint density at radius 3 is 2.36 bits per heavy atom. The van der Waals surface area contributed by atoms with Crippen LogP contribution in [0.5, 0.6) is 0 Å². The van der Waals surface area contributed by atoms with E-state index in [0.29, 0.717) is 6.42 Å². The van der Waals surface area contributed by atoms with Gasteiger partial charge in [0.25, 0.3) is 0 Å². The molecule has 0 spiro atoms. The van der Waals surface area contributed by atoms with Gasteiger partial charge in [-0.15, -0.1) is 6.58 Å². The average molecular weight is 188 g/mol. The second-order valence-electron chi connectivity index (χ2n) is 3.51. The molecule has 0 atom stereocenters. The highest BCUT2D eigenvalue weighted by atomic mass is 16.1. The Labute approximate surface area is 85.5 Å². The summed E-state index contributed by atoms with van der Waals surface area (Å²) in [6.45, 7) is 5.32. The lowest BCUT2D eigenvalue weighted by atomic mass is 10.0. The van der Waals surface area contributed by atoms with E-state index >= 15 is 0 Å². The molecule has 0 aromatic heterocycles. The molecule has 0 aliphatic carbocycles. The van der Waals surface area contributed by atoms with E-state index in [1.807, 2.05) is 6.08 Å². The fourth-order valence-corrected chi connectivity index (χ4v) is 1.33. The molecule has 0 aliphatic rings. The van der Waals surface area contributed by atoms with Crippen molar-refractivity contribution >= 4 is 5.78 Å². The van der Waals surface area contributed by atoms with Crippen molar-refractivity contribution in [2.24, 2.45) is 0 Å². The number of Topliss-reactive ketones (excluding diaryl/α,β-unsaturated/α-hetero) is 1. The third-order valence-electron chi connectivity index (χ3n) is 2.17. The van der Waals surface area contributed by atoms with Crippen LogP contribution >= 0.6 is 0 Å². The lowest BCUT2D eigenvalue weighted by Crippen LogP contribution is -1.94. The molecule has 1 aromatic rings. The van der Waals surface area contributed by atoms with Crippen molar-refractivity contribution in [3.05, 3.63) is 48.0 Å². The number of aryl methyl sites for hydroxylation is 1. The first-order chi connectivity index (χ1) is 6.72. The largest absolute Gasteiger partial charge is 0.300 e. The molecule has 1 rings (SSSR count). The first-order valence-corrected chi connectivity index (χ1v) is 4.90. The third kappa shape index (κ3) is 3.56. The first-order valence-electron chi connectivity index (χ1n) is 4.90. The van der Waals surface area contributed by atoms with Crippen molar-refractivity contribution in [2.75, 3.05) is 0 Å². The van der Waals surface area contributed by atoms with E-state index < -0.39 is 0 Å².